The SMILES string of the molecule is Cc1cc(C)c(C2=C3N=C(C(Br)=C3Br)c3[nH]c(c(Br)c3Br)C(c3c(C)cc(C)cc3C)=c3[nH]c(c(Br)c3Br)=C3N=C2C(Br)=C3Br)c(C)c1. The average Bonchev–Trinajstić information content (AvgIpc) is 3.66. The Labute approximate surface area is 345 Å². The first-order valence-electron chi connectivity index (χ1n) is 14.7. The van der Waals surface area contributed by atoms with Crippen molar-refractivity contribution < 1.29 is 0 Å². The molecule has 4 aromatic rings. The van der Waals surface area contributed by atoms with Crippen molar-refractivity contribution in [2.75, 3.05) is 0 Å². The number of aromatic nitrogens is 2. The molecule has 0 fully saturated rings. The molecule has 2 aromatic heterocycles. The summed E-state index contributed by atoms with van der Waals surface area (Å²) in [6.07, 6.45) is 0. The first kappa shape index (κ1) is 35.5. The highest BCUT2D eigenvalue weighted by Gasteiger charge is 2.35. The molecule has 0 saturated carbocycles. The summed E-state index contributed by atoms with van der Waals surface area (Å²) in [5, 5.41) is 1.74. The normalized spacial score (nSPS) is 16.0. The fraction of sp³-hybridized carbons (Fsp3) is 0.167. The minimum Gasteiger partial charge on any atom is -0.351 e. The average molecular weight is 1150 g/mol. The summed E-state index contributed by atoms with van der Waals surface area (Å²) in [5.74, 6) is 0. The largest absolute Gasteiger partial charge is 0.351 e. The zero-order chi connectivity index (χ0) is 34.7. The van der Waals surface area contributed by atoms with Crippen LogP contribution in [0, 0.1) is 41.5 Å². The van der Waals surface area contributed by atoms with E-state index in [4.69, 9.17) is 9.98 Å². The Morgan fingerprint density at radius 1 is 0.438 bits per heavy atom. The maximum absolute atomic E-state index is 5.38. The summed E-state index contributed by atoms with van der Waals surface area (Å²) in [6, 6.07) is 8.87. The van der Waals surface area contributed by atoms with Gasteiger partial charge in [-0.3, -0.25) is 0 Å². The summed E-state index contributed by atoms with van der Waals surface area (Å²) in [5.41, 5.74) is 16.0. The molecule has 7 rings (SSSR count). The summed E-state index contributed by atoms with van der Waals surface area (Å²) in [4.78, 5) is 18.4. The van der Waals surface area contributed by atoms with Gasteiger partial charge in [0.2, 0.25) is 0 Å². The number of fused-ring (bicyclic) bond motifs is 7. The van der Waals surface area contributed by atoms with Gasteiger partial charge in [0, 0.05) is 11.1 Å². The molecule has 5 heterocycles. The Kier molecular flexibility index (Phi) is 9.60. The third-order valence-corrected chi connectivity index (χ3v) is 17.1. The monoisotopic (exact) mass is 1140 g/mol. The number of halogens is 8. The van der Waals surface area contributed by atoms with Crippen LogP contribution in [0.15, 0.2) is 75.8 Å². The summed E-state index contributed by atoms with van der Waals surface area (Å²) in [7, 11) is 0. The van der Waals surface area contributed by atoms with Crippen molar-refractivity contribution in [3.8, 4) is 0 Å². The van der Waals surface area contributed by atoms with Crippen LogP contribution in [0.2, 0.25) is 0 Å². The van der Waals surface area contributed by atoms with Crippen molar-refractivity contribution in [3.63, 3.8) is 0 Å². The van der Waals surface area contributed by atoms with Crippen LogP contribution >= 0.6 is 127 Å². The van der Waals surface area contributed by atoms with Crippen molar-refractivity contribution in [1.82, 2.24) is 9.97 Å². The number of H-pyrrole nitrogens is 2. The number of benzene rings is 2. The molecular formula is C36H24Br8N4. The molecule has 8 bridgehead atoms. The van der Waals surface area contributed by atoms with E-state index in [1.807, 2.05) is 0 Å². The van der Waals surface area contributed by atoms with E-state index in [2.05, 4.69) is 203 Å². The quantitative estimate of drug-likeness (QED) is 0.201. The molecule has 0 saturated heterocycles. The Morgan fingerprint density at radius 3 is 1.44 bits per heavy atom. The molecule has 3 aliphatic heterocycles. The second-order valence-electron chi connectivity index (χ2n) is 12.2. The lowest BCUT2D eigenvalue weighted by atomic mass is 9.89. The van der Waals surface area contributed by atoms with Gasteiger partial charge in [0.15, 0.2) is 0 Å². The van der Waals surface area contributed by atoms with Crippen LogP contribution in [0.4, 0.5) is 0 Å². The predicted molar refractivity (Wildman–Crippen MR) is 229 cm³/mol. The number of aliphatic imine (C=N–C) groups is 2. The van der Waals surface area contributed by atoms with Gasteiger partial charge in [-0.2, -0.15) is 0 Å². The summed E-state index contributed by atoms with van der Waals surface area (Å²) < 4.78 is 6.87. The van der Waals surface area contributed by atoms with Crippen molar-refractivity contribution in [2.24, 2.45) is 9.98 Å². The molecule has 3 aliphatic rings. The van der Waals surface area contributed by atoms with E-state index in [1.54, 1.807) is 0 Å². The number of aromatic amines is 2. The Hall–Kier alpha value is -0.860. The number of hydrogen-bond donors (Lipinski definition) is 2. The van der Waals surface area contributed by atoms with Crippen molar-refractivity contribution in [3.05, 3.63) is 132 Å². The number of nitrogens with zero attached hydrogens (tertiary/aromatic N) is 2. The van der Waals surface area contributed by atoms with Gasteiger partial charge in [0.25, 0.3) is 0 Å². The molecule has 0 spiro atoms. The fourth-order valence-electron chi connectivity index (χ4n) is 6.95. The third-order valence-electron chi connectivity index (χ3n) is 8.73. The van der Waals surface area contributed by atoms with E-state index in [-0.39, 0.29) is 0 Å². The van der Waals surface area contributed by atoms with Crippen LogP contribution in [-0.4, -0.2) is 21.4 Å². The lowest BCUT2D eigenvalue weighted by Crippen LogP contribution is -2.18. The standard InChI is InChI=1S/C36H24Br8N4/c1-11-7-13(3)17(14(4)8-11)19-29-21(37)25(41)33(45-29)35-27(43)23(39)31(47-35)20(18-15(5)9-12(2)10-16(18)6)32-24(40)28(44)36(48-32)34-26(42)22(38)30(19)46-34/h7-10,45-46H,1-6H3. The molecule has 0 amide bonds. The molecule has 0 radical (unpaired) electrons. The van der Waals surface area contributed by atoms with Crippen molar-refractivity contribution in [2.45, 2.75) is 41.5 Å². The first-order valence-corrected chi connectivity index (χ1v) is 21.1. The number of rotatable bonds is 2. The smallest absolute Gasteiger partial charge is 0.104 e. The van der Waals surface area contributed by atoms with E-state index in [0.29, 0.717) is 0 Å². The Bertz CT molecular complexity index is 2440. The van der Waals surface area contributed by atoms with Crippen LogP contribution < -0.4 is 10.7 Å². The van der Waals surface area contributed by atoms with E-state index in [1.165, 1.54) is 22.3 Å². The minimum atomic E-state index is 0.763. The minimum absolute atomic E-state index is 0.763. The van der Waals surface area contributed by atoms with Crippen LogP contribution in [0.5, 0.6) is 0 Å². The Balaban J connectivity index is 1.75. The van der Waals surface area contributed by atoms with Gasteiger partial charge < -0.3 is 9.97 Å². The van der Waals surface area contributed by atoms with Crippen LogP contribution in [0.3, 0.4) is 0 Å². The summed E-state index contributed by atoms with van der Waals surface area (Å²) in [6.45, 7) is 12.9. The van der Waals surface area contributed by atoms with Gasteiger partial charge in [0.05, 0.1) is 69.3 Å². The molecule has 244 valence electrons. The molecule has 48 heavy (non-hydrogen) atoms. The zero-order valence-electron chi connectivity index (χ0n) is 26.2. The molecule has 0 atom stereocenters. The van der Waals surface area contributed by atoms with Crippen LogP contribution in [0.1, 0.15) is 55.9 Å². The number of aryl methyl sites for hydroxylation is 6. The maximum atomic E-state index is 5.38. The zero-order valence-corrected chi connectivity index (χ0v) is 38.9. The molecule has 2 aromatic carbocycles. The number of allylic oxidation sites excluding steroid dienone is 4. The van der Waals surface area contributed by atoms with Gasteiger partial charge in [-0.25, -0.2) is 9.98 Å². The third kappa shape index (κ3) is 5.44. The van der Waals surface area contributed by atoms with Gasteiger partial charge in [-0.05, 0) is 202 Å². The summed E-state index contributed by atoms with van der Waals surface area (Å²) >= 11 is 31.6. The Morgan fingerprint density at radius 2 is 0.875 bits per heavy atom. The molecular weight excluding hydrogens is 1130 g/mol. The number of hydrogen-bond acceptors (Lipinski definition) is 2. The van der Waals surface area contributed by atoms with Gasteiger partial charge in [0.1, 0.15) is 11.4 Å². The molecule has 2 N–H and O–H groups in total. The topological polar surface area (TPSA) is 56.3 Å². The van der Waals surface area contributed by atoms with Crippen LogP contribution in [-0.2, 0) is 0 Å². The first-order chi connectivity index (χ1) is 22.6. The second-order valence-corrected chi connectivity index (χ2v) is 18.5. The highest BCUT2D eigenvalue weighted by molar-refractivity contribution is 9.15. The van der Waals surface area contributed by atoms with E-state index in [0.717, 1.165) is 114 Å². The highest BCUT2D eigenvalue weighted by Crippen LogP contribution is 2.48. The molecule has 12 heteroatoms. The van der Waals surface area contributed by atoms with Crippen LogP contribution in [0.25, 0.3) is 16.8 Å². The highest BCUT2D eigenvalue weighted by atomic mass is 79.9. The van der Waals surface area contributed by atoms with Crippen molar-refractivity contribution >= 4 is 156 Å². The van der Waals surface area contributed by atoms with Gasteiger partial charge >= 0.3 is 0 Å². The van der Waals surface area contributed by atoms with Gasteiger partial charge in [-0.1, -0.05) is 35.4 Å². The lowest BCUT2D eigenvalue weighted by Gasteiger charge is -2.17. The number of nitrogens with one attached hydrogen (secondary N) is 2. The molecule has 4 nitrogen and oxygen atoms in total. The molecule has 0 unspecified atom stereocenters. The molecule has 0 aliphatic carbocycles. The fourth-order valence-corrected chi connectivity index (χ4v) is 10.8. The van der Waals surface area contributed by atoms with Crippen molar-refractivity contribution in [1.29, 1.82) is 0 Å². The van der Waals surface area contributed by atoms with E-state index >= 15 is 0 Å². The lowest BCUT2D eigenvalue weighted by molar-refractivity contribution is 1.19. The van der Waals surface area contributed by atoms with Gasteiger partial charge in [-0.15, -0.1) is 0 Å². The predicted octanol–water partition coefficient (Wildman–Crippen LogP) is 12.3. The van der Waals surface area contributed by atoms with E-state index < -0.39 is 0 Å². The van der Waals surface area contributed by atoms with E-state index in [9.17, 15) is 0 Å². The second kappa shape index (κ2) is 13.0. The maximum Gasteiger partial charge on any atom is 0.104 e.